The van der Waals surface area contributed by atoms with Crippen LogP contribution in [0, 0.1) is 11.7 Å². The number of carbonyl (C=O) groups excluding carboxylic acids is 1. The number of nitrogens with zero attached hydrogens (tertiary/aromatic N) is 3. The van der Waals surface area contributed by atoms with Crippen molar-refractivity contribution in [1.82, 2.24) is 15.5 Å². The summed E-state index contributed by atoms with van der Waals surface area (Å²) in [6.45, 7) is 11.3. The molecule has 150 valence electrons. The molecule has 1 aliphatic heterocycles. The number of hydrogen-bond donors (Lipinski definition) is 2. The fourth-order valence-corrected chi connectivity index (χ4v) is 2.93. The Balaban J connectivity index is 1.73. The van der Waals surface area contributed by atoms with E-state index < -0.39 is 0 Å². The minimum atomic E-state index is -0.228. The van der Waals surface area contributed by atoms with Gasteiger partial charge < -0.3 is 20.4 Å². The zero-order valence-corrected chi connectivity index (χ0v) is 16.7. The highest BCUT2D eigenvalue weighted by molar-refractivity contribution is 5.81. The molecule has 1 fully saturated rings. The number of carbonyl (C=O) groups is 1. The third-order valence-electron chi connectivity index (χ3n) is 4.41. The van der Waals surface area contributed by atoms with Crippen LogP contribution >= 0.6 is 0 Å². The molecule has 0 spiro atoms. The Labute approximate surface area is 161 Å². The van der Waals surface area contributed by atoms with E-state index in [1.165, 1.54) is 12.1 Å². The first kappa shape index (κ1) is 21.0. The van der Waals surface area contributed by atoms with Crippen LogP contribution in [0.4, 0.5) is 10.1 Å². The average molecular weight is 378 g/mol. The number of amides is 1. The number of nitrogens with one attached hydrogen (secondary N) is 2. The Morgan fingerprint density at radius 1 is 1.15 bits per heavy atom. The monoisotopic (exact) mass is 377 g/mol. The zero-order chi connectivity index (χ0) is 19.6. The first-order valence-corrected chi connectivity index (χ1v) is 9.80. The van der Waals surface area contributed by atoms with Crippen LogP contribution in [0.25, 0.3) is 0 Å². The van der Waals surface area contributed by atoms with Crippen molar-refractivity contribution in [2.75, 3.05) is 50.7 Å². The van der Waals surface area contributed by atoms with Gasteiger partial charge in [-0.1, -0.05) is 13.8 Å². The highest BCUT2D eigenvalue weighted by Crippen LogP contribution is 2.17. The van der Waals surface area contributed by atoms with Gasteiger partial charge in [0.15, 0.2) is 5.96 Å². The van der Waals surface area contributed by atoms with Crippen molar-refractivity contribution in [2.24, 2.45) is 10.9 Å². The van der Waals surface area contributed by atoms with Crippen molar-refractivity contribution in [3.05, 3.63) is 30.1 Å². The average Bonchev–Trinajstić information content (AvgIpc) is 2.66. The summed E-state index contributed by atoms with van der Waals surface area (Å²) in [5, 5.41) is 6.43. The summed E-state index contributed by atoms with van der Waals surface area (Å²) in [6, 6.07) is 6.52. The summed E-state index contributed by atoms with van der Waals surface area (Å²) in [6.07, 6.45) is 0.447. The lowest BCUT2D eigenvalue weighted by Crippen LogP contribution is -2.49. The van der Waals surface area contributed by atoms with Crippen molar-refractivity contribution >= 4 is 17.6 Å². The van der Waals surface area contributed by atoms with Gasteiger partial charge in [-0.05, 0) is 37.1 Å². The molecule has 2 rings (SSSR count). The van der Waals surface area contributed by atoms with E-state index in [0.717, 1.165) is 37.8 Å². The molecule has 0 atom stereocenters. The molecular formula is C20H32FN5O. The van der Waals surface area contributed by atoms with E-state index in [1.807, 2.05) is 11.8 Å². The Kier molecular flexibility index (Phi) is 8.36. The second-order valence-corrected chi connectivity index (χ2v) is 7.13. The van der Waals surface area contributed by atoms with Gasteiger partial charge in [0.25, 0.3) is 0 Å². The van der Waals surface area contributed by atoms with Gasteiger partial charge in [-0.3, -0.25) is 9.79 Å². The number of halogens is 1. The summed E-state index contributed by atoms with van der Waals surface area (Å²) in [5.74, 6) is 1.19. The fourth-order valence-electron chi connectivity index (χ4n) is 2.93. The minimum absolute atomic E-state index is 0.154. The molecule has 0 saturated carbocycles. The molecule has 1 aromatic carbocycles. The van der Waals surface area contributed by atoms with Crippen molar-refractivity contribution < 1.29 is 9.18 Å². The summed E-state index contributed by atoms with van der Waals surface area (Å²) in [7, 11) is 0. The number of piperazine rings is 1. The van der Waals surface area contributed by atoms with Crippen LogP contribution in [-0.2, 0) is 4.79 Å². The second kappa shape index (κ2) is 10.7. The van der Waals surface area contributed by atoms with E-state index in [1.54, 1.807) is 12.1 Å². The number of guanidine groups is 1. The highest BCUT2D eigenvalue weighted by atomic mass is 19.1. The van der Waals surface area contributed by atoms with Crippen LogP contribution in [0.3, 0.4) is 0 Å². The Morgan fingerprint density at radius 3 is 2.41 bits per heavy atom. The predicted molar refractivity (Wildman–Crippen MR) is 109 cm³/mol. The lowest BCUT2D eigenvalue weighted by Gasteiger charge is -2.36. The SMILES string of the molecule is CCNC(=NCC(C)C)NCCC(=O)N1CCN(c2ccc(F)cc2)CC1. The normalized spacial score (nSPS) is 15.2. The minimum Gasteiger partial charge on any atom is -0.368 e. The Morgan fingerprint density at radius 2 is 1.81 bits per heavy atom. The van der Waals surface area contributed by atoms with Crippen LogP contribution < -0.4 is 15.5 Å². The first-order chi connectivity index (χ1) is 13.0. The third kappa shape index (κ3) is 7.07. The van der Waals surface area contributed by atoms with Gasteiger partial charge in [-0.2, -0.15) is 0 Å². The van der Waals surface area contributed by atoms with Gasteiger partial charge in [0.2, 0.25) is 5.91 Å². The van der Waals surface area contributed by atoms with Crippen molar-refractivity contribution in [3.8, 4) is 0 Å². The molecule has 2 N–H and O–H groups in total. The molecule has 1 aliphatic rings. The molecule has 1 saturated heterocycles. The molecule has 0 aromatic heterocycles. The quantitative estimate of drug-likeness (QED) is 0.564. The summed E-state index contributed by atoms with van der Waals surface area (Å²) >= 11 is 0. The predicted octanol–water partition coefficient (Wildman–Crippen LogP) is 2.08. The second-order valence-electron chi connectivity index (χ2n) is 7.13. The van der Waals surface area contributed by atoms with Crippen LogP contribution in [0.1, 0.15) is 27.2 Å². The lowest BCUT2D eigenvalue weighted by atomic mass is 10.2. The number of aliphatic imine (C=N–C) groups is 1. The molecule has 0 aliphatic carbocycles. The zero-order valence-electron chi connectivity index (χ0n) is 16.7. The smallest absolute Gasteiger partial charge is 0.224 e. The van der Waals surface area contributed by atoms with E-state index in [2.05, 4.69) is 34.4 Å². The highest BCUT2D eigenvalue weighted by Gasteiger charge is 2.21. The van der Waals surface area contributed by atoms with Gasteiger partial charge in [-0.25, -0.2) is 4.39 Å². The van der Waals surface area contributed by atoms with Gasteiger partial charge in [0.1, 0.15) is 5.82 Å². The number of hydrogen-bond acceptors (Lipinski definition) is 3. The molecule has 6 nitrogen and oxygen atoms in total. The topological polar surface area (TPSA) is 60.0 Å². The maximum atomic E-state index is 13.0. The van der Waals surface area contributed by atoms with E-state index in [4.69, 9.17) is 0 Å². The molecule has 0 unspecified atom stereocenters. The number of anilines is 1. The van der Waals surface area contributed by atoms with Crippen LogP contribution in [0.15, 0.2) is 29.3 Å². The Bertz CT molecular complexity index is 609. The molecule has 0 radical (unpaired) electrons. The number of rotatable bonds is 7. The van der Waals surface area contributed by atoms with Gasteiger partial charge in [0.05, 0.1) is 0 Å². The van der Waals surface area contributed by atoms with Gasteiger partial charge >= 0.3 is 0 Å². The van der Waals surface area contributed by atoms with Gasteiger partial charge in [-0.15, -0.1) is 0 Å². The summed E-state index contributed by atoms with van der Waals surface area (Å²) < 4.78 is 13.0. The summed E-state index contributed by atoms with van der Waals surface area (Å²) in [4.78, 5) is 21.0. The van der Waals surface area contributed by atoms with E-state index in [-0.39, 0.29) is 11.7 Å². The molecule has 27 heavy (non-hydrogen) atoms. The maximum Gasteiger partial charge on any atom is 0.224 e. The standard InChI is InChI=1S/C20H32FN5O/c1-4-22-20(24-15-16(2)3)23-10-9-19(27)26-13-11-25(12-14-26)18-7-5-17(21)6-8-18/h5-8,16H,4,9-15H2,1-3H3,(H2,22,23,24). The third-order valence-corrected chi connectivity index (χ3v) is 4.41. The molecule has 1 aromatic rings. The molecule has 1 amide bonds. The van der Waals surface area contributed by atoms with Crippen molar-refractivity contribution in [3.63, 3.8) is 0 Å². The van der Waals surface area contributed by atoms with Crippen LogP contribution in [0.5, 0.6) is 0 Å². The lowest BCUT2D eigenvalue weighted by molar-refractivity contribution is -0.131. The molecule has 1 heterocycles. The Hall–Kier alpha value is -2.31. The van der Waals surface area contributed by atoms with Gasteiger partial charge in [0, 0.05) is 57.9 Å². The first-order valence-electron chi connectivity index (χ1n) is 9.80. The van der Waals surface area contributed by atoms with E-state index >= 15 is 0 Å². The van der Waals surface area contributed by atoms with Crippen LogP contribution in [0.2, 0.25) is 0 Å². The number of benzene rings is 1. The van der Waals surface area contributed by atoms with E-state index in [9.17, 15) is 9.18 Å². The molecular weight excluding hydrogens is 345 g/mol. The van der Waals surface area contributed by atoms with Crippen LogP contribution in [-0.4, -0.2) is 62.6 Å². The van der Waals surface area contributed by atoms with Crippen molar-refractivity contribution in [2.45, 2.75) is 27.2 Å². The fraction of sp³-hybridized carbons (Fsp3) is 0.600. The molecule has 7 heteroatoms. The van der Waals surface area contributed by atoms with Crippen molar-refractivity contribution in [1.29, 1.82) is 0 Å². The van der Waals surface area contributed by atoms with E-state index in [0.29, 0.717) is 32.0 Å². The largest absolute Gasteiger partial charge is 0.368 e. The molecule has 0 bridgehead atoms. The maximum absolute atomic E-state index is 13.0. The summed E-state index contributed by atoms with van der Waals surface area (Å²) in [5.41, 5.74) is 1.00.